The number of amides is 1. The van der Waals surface area contributed by atoms with Gasteiger partial charge in [0, 0.05) is 23.5 Å². The molecule has 2 rings (SSSR count). The fraction of sp³-hybridized carbons (Fsp3) is 0.316. The first-order valence-electron chi connectivity index (χ1n) is 8.65. The highest BCUT2D eigenvalue weighted by Gasteiger charge is 2.11. The van der Waals surface area contributed by atoms with Gasteiger partial charge in [-0.25, -0.2) is 8.42 Å². The summed E-state index contributed by atoms with van der Waals surface area (Å²) in [4.78, 5) is 12.5. The molecule has 0 aromatic heterocycles. The standard InChI is InChI=1S/C19H25N3O3S/c1-3-11-26(24,25)22-18-10-6-8-16(13-18)19(23)21-17-9-5-7-15(12-17)14-20-4-2/h5-10,12-13,20,22H,3-4,11,14H2,1-2H3,(H,21,23). The summed E-state index contributed by atoms with van der Waals surface area (Å²) in [5.41, 5.74) is 2.54. The van der Waals surface area contributed by atoms with Crippen LogP contribution in [0.2, 0.25) is 0 Å². The van der Waals surface area contributed by atoms with Crippen LogP contribution in [0.5, 0.6) is 0 Å². The van der Waals surface area contributed by atoms with E-state index in [1.165, 1.54) is 6.07 Å². The van der Waals surface area contributed by atoms with Crippen LogP contribution in [0.4, 0.5) is 11.4 Å². The summed E-state index contributed by atoms with van der Waals surface area (Å²) in [5, 5.41) is 6.08. The molecule has 0 fully saturated rings. The SMILES string of the molecule is CCCS(=O)(=O)Nc1cccc(C(=O)Nc2cccc(CNCC)c2)c1. The van der Waals surface area contributed by atoms with E-state index in [1.54, 1.807) is 25.1 Å². The first kappa shape index (κ1) is 19.9. The summed E-state index contributed by atoms with van der Waals surface area (Å²) in [6, 6.07) is 14.1. The van der Waals surface area contributed by atoms with Crippen LogP contribution in [0.15, 0.2) is 48.5 Å². The molecule has 2 aromatic rings. The number of anilines is 2. The molecule has 0 saturated heterocycles. The average molecular weight is 375 g/mol. The molecule has 26 heavy (non-hydrogen) atoms. The molecule has 6 nitrogen and oxygen atoms in total. The van der Waals surface area contributed by atoms with Crippen molar-refractivity contribution in [3.05, 3.63) is 59.7 Å². The zero-order chi connectivity index (χ0) is 19.0. The van der Waals surface area contributed by atoms with Crippen molar-refractivity contribution in [1.82, 2.24) is 5.32 Å². The zero-order valence-electron chi connectivity index (χ0n) is 15.1. The molecule has 0 spiro atoms. The van der Waals surface area contributed by atoms with Gasteiger partial charge in [0.2, 0.25) is 10.0 Å². The molecule has 0 atom stereocenters. The molecule has 0 aliphatic heterocycles. The van der Waals surface area contributed by atoms with Gasteiger partial charge in [-0.05, 0) is 48.9 Å². The first-order chi connectivity index (χ1) is 12.4. The van der Waals surface area contributed by atoms with E-state index in [9.17, 15) is 13.2 Å². The number of nitrogens with one attached hydrogen (secondary N) is 3. The van der Waals surface area contributed by atoms with E-state index in [0.717, 1.165) is 18.7 Å². The van der Waals surface area contributed by atoms with Crippen molar-refractivity contribution >= 4 is 27.3 Å². The van der Waals surface area contributed by atoms with Gasteiger partial charge in [-0.15, -0.1) is 0 Å². The Morgan fingerprint density at radius 1 is 1.00 bits per heavy atom. The molecule has 0 heterocycles. The van der Waals surface area contributed by atoms with Crippen molar-refractivity contribution in [2.45, 2.75) is 26.8 Å². The highest BCUT2D eigenvalue weighted by molar-refractivity contribution is 7.92. The van der Waals surface area contributed by atoms with Gasteiger partial charge in [-0.3, -0.25) is 9.52 Å². The second-order valence-corrected chi connectivity index (χ2v) is 7.78. The summed E-state index contributed by atoms with van der Waals surface area (Å²) in [6.45, 7) is 5.44. The summed E-state index contributed by atoms with van der Waals surface area (Å²) in [5.74, 6) is -0.246. The average Bonchev–Trinajstić information content (AvgIpc) is 2.60. The topological polar surface area (TPSA) is 87.3 Å². The number of carbonyl (C=O) groups is 1. The lowest BCUT2D eigenvalue weighted by Crippen LogP contribution is -2.17. The van der Waals surface area contributed by atoms with Crippen molar-refractivity contribution in [3.8, 4) is 0 Å². The molecule has 0 saturated carbocycles. The number of hydrogen-bond acceptors (Lipinski definition) is 4. The fourth-order valence-corrected chi connectivity index (χ4v) is 3.58. The number of hydrogen-bond donors (Lipinski definition) is 3. The van der Waals surface area contributed by atoms with Gasteiger partial charge in [0.05, 0.1) is 5.75 Å². The highest BCUT2D eigenvalue weighted by atomic mass is 32.2. The maximum absolute atomic E-state index is 12.5. The van der Waals surface area contributed by atoms with Crippen LogP contribution in [-0.2, 0) is 16.6 Å². The minimum Gasteiger partial charge on any atom is -0.322 e. The third-order valence-electron chi connectivity index (χ3n) is 3.63. The van der Waals surface area contributed by atoms with Gasteiger partial charge in [0.15, 0.2) is 0 Å². The van der Waals surface area contributed by atoms with Crippen LogP contribution in [0.25, 0.3) is 0 Å². The zero-order valence-corrected chi connectivity index (χ0v) is 15.9. The fourth-order valence-electron chi connectivity index (χ4n) is 2.45. The van der Waals surface area contributed by atoms with Gasteiger partial charge < -0.3 is 10.6 Å². The molecule has 0 bridgehead atoms. The van der Waals surface area contributed by atoms with Crippen molar-refractivity contribution in [3.63, 3.8) is 0 Å². The van der Waals surface area contributed by atoms with Gasteiger partial charge in [-0.1, -0.05) is 32.0 Å². The molecule has 0 aliphatic rings. The molecule has 7 heteroatoms. The van der Waals surface area contributed by atoms with E-state index >= 15 is 0 Å². The second-order valence-electron chi connectivity index (χ2n) is 5.94. The number of sulfonamides is 1. The maximum atomic E-state index is 12.5. The summed E-state index contributed by atoms with van der Waals surface area (Å²) < 4.78 is 26.3. The van der Waals surface area contributed by atoms with Crippen LogP contribution >= 0.6 is 0 Å². The first-order valence-corrected chi connectivity index (χ1v) is 10.3. The molecule has 2 aromatic carbocycles. The number of rotatable bonds is 9. The normalized spacial score (nSPS) is 11.2. The van der Waals surface area contributed by atoms with E-state index in [2.05, 4.69) is 15.4 Å². The van der Waals surface area contributed by atoms with E-state index in [1.807, 2.05) is 31.2 Å². The minimum absolute atomic E-state index is 0.0437. The third-order valence-corrected chi connectivity index (χ3v) is 5.13. The Morgan fingerprint density at radius 3 is 2.46 bits per heavy atom. The van der Waals surface area contributed by atoms with Crippen molar-refractivity contribution in [2.24, 2.45) is 0 Å². The monoisotopic (exact) mass is 375 g/mol. The van der Waals surface area contributed by atoms with Crippen LogP contribution in [-0.4, -0.2) is 26.6 Å². The quantitative estimate of drug-likeness (QED) is 0.628. The molecule has 0 radical (unpaired) electrons. The molecule has 1 amide bonds. The molecule has 0 aliphatic carbocycles. The largest absolute Gasteiger partial charge is 0.322 e. The Kier molecular flexibility index (Phi) is 7.17. The predicted molar refractivity (Wildman–Crippen MR) is 106 cm³/mol. The molecule has 140 valence electrons. The van der Waals surface area contributed by atoms with Crippen LogP contribution in [0.1, 0.15) is 36.2 Å². The van der Waals surface area contributed by atoms with E-state index in [0.29, 0.717) is 23.4 Å². The van der Waals surface area contributed by atoms with Crippen molar-refractivity contribution in [2.75, 3.05) is 22.3 Å². The van der Waals surface area contributed by atoms with Gasteiger partial charge in [0.1, 0.15) is 0 Å². The predicted octanol–water partition coefficient (Wildman–Crippen LogP) is 3.20. The van der Waals surface area contributed by atoms with Crippen molar-refractivity contribution < 1.29 is 13.2 Å². The van der Waals surface area contributed by atoms with Crippen LogP contribution in [0, 0.1) is 0 Å². The second kappa shape index (κ2) is 9.35. The Hall–Kier alpha value is -2.38. The van der Waals surface area contributed by atoms with E-state index < -0.39 is 10.0 Å². The Balaban J connectivity index is 2.09. The molecular weight excluding hydrogens is 350 g/mol. The van der Waals surface area contributed by atoms with E-state index in [4.69, 9.17) is 0 Å². The summed E-state index contributed by atoms with van der Waals surface area (Å²) in [6.07, 6.45) is 0.527. The molecule has 0 unspecified atom stereocenters. The lowest BCUT2D eigenvalue weighted by Gasteiger charge is -2.10. The van der Waals surface area contributed by atoms with Crippen LogP contribution < -0.4 is 15.4 Å². The third kappa shape index (κ3) is 6.16. The molecular formula is C19H25N3O3S. The van der Waals surface area contributed by atoms with E-state index in [-0.39, 0.29) is 11.7 Å². The highest BCUT2D eigenvalue weighted by Crippen LogP contribution is 2.16. The van der Waals surface area contributed by atoms with Gasteiger partial charge >= 0.3 is 0 Å². The number of benzene rings is 2. The minimum atomic E-state index is -3.39. The Labute approximate surface area is 155 Å². The van der Waals surface area contributed by atoms with Crippen LogP contribution in [0.3, 0.4) is 0 Å². The van der Waals surface area contributed by atoms with Gasteiger partial charge in [0.25, 0.3) is 5.91 Å². The summed E-state index contributed by atoms with van der Waals surface area (Å²) >= 11 is 0. The Morgan fingerprint density at radius 2 is 1.73 bits per heavy atom. The lowest BCUT2D eigenvalue weighted by atomic mass is 10.1. The smallest absolute Gasteiger partial charge is 0.255 e. The summed E-state index contributed by atoms with van der Waals surface area (Å²) in [7, 11) is -3.39. The van der Waals surface area contributed by atoms with Gasteiger partial charge in [-0.2, -0.15) is 0 Å². The van der Waals surface area contributed by atoms with Crippen molar-refractivity contribution in [1.29, 1.82) is 0 Å². The maximum Gasteiger partial charge on any atom is 0.255 e. The number of carbonyl (C=O) groups excluding carboxylic acids is 1. The Bertz CT molecular complexity index is 851. The molecule has 3 N–H and O–H groups in total. The lowest BCUT2D eigenvalue weighted by molar-refractivity contribution is 0.102.